The van der Waals surface area contributed by atoms with Crippen molar-refractivity contribution in [1.82, 2.24) is 9.88 Å². The number of aryl methyl sites for hydroxylation is 2. The summed E-state index contributed by atoms with van der Waals surface area (Å²) < 4.78 is 2.95. The van der Waals surface area contributed by atoms with E-state index < -0.39 is 17.8 Å². The maximum absolute atomic E-state index is 13.3. The van der Waals surface area contributed by atoms with Crippen LogP contribution in [0.4, 0.5) is 16.2 Å². The van der Waals surface area contributed by atoms with Crippen molar-refractivity contribution in [2.75, 3.05) is 22.9 Å². The van der Waals surface area contributed by atoms with Crippen LogP contribution in [0.25, 0.3) is 11.8 Å². The molecule has 0 bridgehead atoms. The first kappa shape index (κ1) is 25.4. The summed E-state index contributed by atoms with van der Waals surface area (Å²) >= 11 is 3.43. The third-order valence-corrected chi connectivity index (χ3v) is 7.40. The van der Waals surface area contributed by atoms with Crippen molar-refractivity contribution in [3.8, 4) is 5.69 Å². The fraction of sp³-hybridized carbons (Fsp3) is 0.250. The number of anilines is 2. The average molecular weight is 549 g/mol. The lowest BCUT2D eigenvalue weighted by atomic mass is 10.1. The second-order valence-corrected chi connectivity index (χ2v) is 9.60. The Balaban J connectivity index is 1.71. The minimum absolute atomic E-state index is 0.0905. The Labute approximate surface area is 219 Å². The zero-order valence-corrected chi connectivity index (χ0v) is 22.6. The lowest BCUT2D eigenvalue weighted by Crippen LogP contribution is -2.54. The second-order valence-electron chi connectivity index (χ2n) is 8.74. The van der Waals surface area contributed by atoms with E-state index in [1.165, 1.54) is 0 Å². The fourth-order valence-corrected chi connectivity index (χ4v) is 4.79. The summed E-state index contributed by atoms with van der Waals surface area (Å²) in [6.07, 6.45) is 1.56. The van der Waals surface area contributed by atoms with Gasteiger partial charge in [0.05, 0.1) is 5.69 Å². The second kappa shape index (κ2) is 10.1. The molecule has 0 spiro atoms. The SMILES string of the molecule is CCN(CC)c1ccc(-n2c(C)cc(/C=C3\C(=O)NC(=O)N(c4ccc(Br)c(C)c4)C3=O)c2C)cc1. The third kappa shape index (κ3) is 4.60. The molecule has 0 saturated carbocycles. The van der Waals surface area contributed by atoms with Gasteiger partial charge in [0.25, 0.3) is 11.8 Å². The van der Waals surface area contributed by atoms with Crippen LogP contribution in [-0.4, -0.2) is 35.5 Å². The molecule has 2 aromatic carbocycles. The largest absolute Gasteiger partial charge is 0.372 e. The van der Waals surface area contributed by atoms with Crippen LogP contribution in [-0.2, 0) is 9.59 Å². The quantitative estimate of drug-likeness (QED) is 0.317. The summed E-state index contributed by atoms with van der Waals surface area (Å²) in [6.45, 7) is 11.9. The third-order valence-electron chi connectivity index (χ3n) is 6.51. The van der Waals surface area contributed by atoms with Crippen LogP contribution in [0.15, 0.2) is 58.6 Å². The first-order chi connectivity index (χ1) is 17.2. The van der Waals surface area contributed by atoms with E-state index >= 15 is 0 Å². The number of halogens is 1. The van der Waals surface area contributed by atoms with Crippen molar-refractivity contribution >= 4 is 51.2 Å². The van der Waals surface area contributed by atoms with Crippen LogP contribution in [0.5, 0.6) is 0 Å². The molecular formula is C28H29BrN4O3. The van der Waals surface area contributed by atoms with Crippen LogP contribution >= 0.6 is 15.9 Å². The predicted molar refractivity (Wildman–Crippen MR) is 147 cm³/mol. The molecule has 4 rings (SSSR count). The number of carbonyl (C=O) groups excluding carboxylic acids is 3. The molecule has 1 saturated heterocycles. The Morgan fingerprint density at radius 2 is 1.56 bits per heavy atom. The number of rotatable bonds is 6. The van der Waals surface area contributed by atoms with Crippen LogP contribution in [0, 0.1) is 20.8 Å². The Morgan fingerprint density at radius 3 is 2.17 bits per heavy atom. The molecule has 7 nitrogen and oxygen atoms in total. The van der Waals surface area contributed by atoms with Gasteiger partial charge in [-0.1, -0.05) is 15.9 Å². The Kier molecular flexibility index (Phi) is 7.17. The van der Waals surface area contributed by atoms with Gasteiger partial charge in [-0.15, -0.1) is 0 Å². The van der Waals surface area contributed by atoms with E-state index in [1.807, 2.05) is 26.8 Å². The number of nitrogens with one attached hydrogen (secondary N) is 1. The summed E-state index contributed by atoms with van der Waals surface area (Å²) in [5.74, 6) is -1.36. The summed E-state index contributed by atoms with van der Waals surface area (Å²) in [5.41, 5.74) is 5.92. The van der Waals surface area contributed by atoms with Gasteiger partial charge in [-0.3, -0.25) is 14.9 Å². The van der Waals surface area contributed by atoms with Crippen LogP contribution in [0.1, 0.15) is 36.4 Å². The summed E-state index contributed by atoms with van der Waals surface area (Å²) in [6, 6.07) is 14.7. The van der Waals surface area contributed by atoms with Gasteiger partial charge in [-0.2, -0.15) is 0 Å². The lowest BCUT2D eigenvalue weighted by molar-refractivity contribution is -0.122. The molecule has 1 aliphatic heterocycles. The molecule has 2 heterocycles. The van der Waals surface area contributed by atoms with Gasteiger partial charge < -0.3 is 9.47 Å². The van der Waals surface area contributed by atoms with Gasteiger partial charge in [0.15, 0.2) is 0 Å². The van der Waals surface area contributed by atoms with Crippen LogP contribution in [0.3, 0.4) is 0 Å². The molecule has 1 aliphatic rings. The van der Waals surface area contributed by atoms with E-state index in [2.05, 4.69) is 68.8 Å². The van der Waals surface area contributed by atoms with Crippen molar-refractivity contribution in [3.63, 3.8) is 0 Å². The molecule has 1 aromatic heterocycles. The molecular weight excluding hydrogens is 520 g/mol. The number of benzene rings is 2. The molecule has 3 aromatic rings. The summed E-state index contributed by atoms with van der Waals surface area (Å²) in [5, 5.41) is 2.30. The average Bonchev–Trinajstić information content (AvgIpc) is 3.12. The number of nitrogens with zero attached hydrogens (tertiary/aromatic N) is 3. The number of aromatic nitrogens is 1. The van der Waals surface area contributed by atoms with E-state index in [0.717, 1.165) is 56.4 Å². The van der Waals surface area contributed by atoms with E-state index in [0.29, 0.717) is 5.69 Å². The smallest absolute Gasteiger partial charge is 0.335 e. The number of carbonyl (C=O) groups is 3. The zero-order valence-electron chi connectivity index (χ0n) is 21.1. The number of amides is 4. The molecule has 8 heteroatoms. The lowest BCUT2D eigenvalue weighted by Gasteiger charge is -2.26. The molecule has 36 heavy (non-hydrogen) atoms. The monoisotopic (exact) mass is 548 g/mol. The van der Waals surface area contributed by atoms with E-state index in [9.17, 15) is 14.4 Å². The molecule has 1 fully saturated rings. The minimum Gasteiger partial charge on any atom is -0.372 e. The van der Waals surface area contributed by atoms with E-state index in [4.69, 9.17) is 0 Å². The molecule has 0 aliphatic carbocycles. The Morgan fingerprint density at radius 1 is 0.917 bits per heavy atom. The number of hydrogen-bond acceptors (Lipinski definition) is 4. The first-order valence-corrected chi connectivity index (χ1v) is 12.7. The standard InChI is InChI=1S/C28H29BrN4O3/c1-6-31(7-2)21-8-10-22(11-9-21)32-18(4)15-20(19(32)5)16-24-26(34)30-28(36)33(27(24)35)23-12-13-25(29)17(3)14-23/h8-16H,6-7H2,1-5H3,(H,30,34,36)/b24-16+. The summed E-state index contributed by atoms with van der Waals surface area (Å²) in [7, 11) is 0. The maximum atomic E-state index is 13.3. The molecule has 4 amide bonds. The van der Waals surface area contributed by atoms with Gasteiger partial charge in [-0.25, -0.2) is 9.69 Å². The highest BCUT2D eigenvalue weighted by Crippen LogP contribution is 2.28. The molecule has 0 radical (unpaired) electrons. The minimum atomic E-state index is -0.761. The van der Waals surface area contributed by atoms with E-state index in [1.54, 1.807) is 24.3 Å². The van der Waals surface area contributed by atoms with Crippen LogP contribution in [0.2, 0.25) is 0 Å². The topological polar surface area (TPSA) is 74.7 Å². The Bertz CT molecular complexity index is 1380. The van der Waals surface area contributed by atoms with Gasteiger partial charge in [-0.05, 0) is 100 Å². The van der Waals surface area contributed by atoms with Crippen LogP contribution < -0.4 is 15.1 Å². The van der Waals surface area contributed by atoms with Gasteiger partial charge in [0.2, 0.25) is 0 Å². The number of imide groups is 2. The summed E-state index contributed by atoms with van der Waals surface area (Å²) in [4.78, 5) is 41.9. The number of hydrogen-bond donors (Lipinski definition) is 1. The number of barbiturate groups is 1. The molecule has 0 atom stereocenters. The highest BCUT2D eigenvalue weighted by atomic mass is 79.9. The first-order valence-electron chi connectivity index (χ1n) is 11.9. The molecule has 0 unspecified atom stereocenters. The number of urea groups is 1. The van der Waals surface area contributed by atoms with Gasteiger partial charge in [0.1, 0.15) is 5.57 Å². The van der Waals surface area contributed by atoms with Crippen molar-refractivity contribution in [1.29, 1.82) is 0 Å². The highest BCUT2D eigenvalue weighted by Gasteiger charge is 2.37. The fourth-order valence-electron chi connectivity index (χ4n) is 4.55. The van der Waals surface area contributed by atoms with Crippen molar-refractivity contribution in [2.24, 2.45) is 0 Å². The normalized spacial score (nSPS) is 15.0. The van der Waals surface area contributed by atoms with Crippen molar-refractivity contribution < 1.29 is 14.4 Å². The Hall–Kier alpha value is -3.65. The molecule has 186 valence electrons. The maximum Gasteiger partial charge on any atom is 0.335 e. The molecule has 1 N–H and O–H groups in total. The predicted octanol–water partition coefficient (Wildman–Crippen LogP) is 5.68. The van der Waals surface area contributed by atoms with E-state index in [-0.39, 0.29) is 5.57 Å². The van der Waals surface area contributed by atoms with Crippen molar-refractivity contribution in [2.45, 2.75) is 34.6 Å². The van der Waals surface area contributed by atoms with Crippen molar-refractivity contribution in [3.05, 3.63) is 81.1 Å². The van der Waals surface area contributed by atoms with Gasteiger partial charge >= 0.3 is 6.03 Å². The zero-order chi connectivity index (χ0) is 26.1. The van der Waals surface area contributed by atoms with Gasteiger partial charge in [0, 0.05) is 40.3 Å². The highest BCUT2D eigenvalue weighted by molar-refractivity contribution is 9.10.